The van der Waals surface area contributed by atoms with E-state index in [1.807, 2.05) is 0 Å². The lowest BCUT2D eigenvalue weighted by Gasteiger charge is -2.11. The maximum absolute atomic E-state index is 12.4. The van der Waals surface area contributed by atoms with Gasteiger partial charge in [0, 0.05) is 16.4 Å². The van der Waals surface area contributed by atoms with Gasteiger partial charge in [-0.15, -0.1) is 0 Å². The molecule has 1 N–H and O–H groups in total. The summed E-state index contributed by atoms with van der Waals surface area (Å²) in [4.78, 5) is 28.3. The van der Waals surface area contributed by atoms with Gasteiger partial charge in [-0.1, -0.05) is 28.1 Å². The monoisotopic (exact) mass is 426 g/mol. The van der Waals surface area contributed by atoms with Crippen molar-refractivity contribution in [3.8, 4) is 11.5 Å². The Bertz CT molecular complexity index is 930. The lowest BCUT2D eigenvalue weighted by Crippen LogP contribution is -2.21. The number of nitrogens with zero attached hydrogens (tertiary/aromatic N) is 1. The summed E-state index contributed by atoms with van der Waals surface area (Å²) in [6.45, 7) is -0.407. The van der Waals surface area contributed by atoms with Gasteiger partial charge in [-0.05, 0) is 48.5 Å². The third-order valence-corrected chi connectivity index (χ3v) is 3.96. The Hall–Kier alpha value is -3.19. The number of halogens is 1. The van der Waals surface area contributed by atoms with Crippen LogP contribution >= 0.6 is 15.9 Å². The maximum Gasteiger partial charge on any atom is 0.342 e. The molecule has 0 unspecified atom stereocenters. The van der Waals surface area contributed by atoms with Crippen molar-refractivity contribution in [3.63, 3.8) is 0 Å². The van der Waals surface area contributed by atoms with Crippen molar-refractivity contribution in [2.45, 2.75) is 0 Å². The van der Waals surface area contributed by atoms with Crippen LogP contribution in [0.2, 0.25) is 0 Å². The van der Waals surface area contributed by atoms with Crippen molar-refractivity contribution in [1.29, 1.82) is 0 Å². The topological polar surface area (TPSA) is 77.5 Å². The van der Waals surface area contributed by atoms with Gasteiger partial charge < -0.3 is 14.8 Å². The fourth-order valence-electron chi connectivity index (χ4n) is 2.20. The average molecular weight is 427 g/mol. The zero-order valence-corrected chi connectivity index (χ0v) is 15.7. The van der Waals surface area contributed by atoms with Gasteiger partial charge in [-0.25, -0.2) is 4.79 Å². The molecule has 0 spiro atoms. The van der Waals surface area contributed by atoms with Crippen LogP contribution in [0.1, 0.15) is 10.4 Å². The number of nitrogens with one attached hydrogen (secondary N) is 1. The lowest BCUT2D eigenvalue weighted by molar-refractivity contribution is -0.119. The van der Waals surface area contributed by atoms with Gasteiger partial charge >= 0.3 is 5.97 Å². The number of carbonyl (C=O) groups is 2. The smallest absolute Gasteiger partial charge is 0.342 e. The number of rotatable bonds is 6. The minimum atomic E-state index is -0.652. The van der Waals surface area contributed by atoms with Crippen LogP contribution in [0.3, 0.4) is 0 Å². The van der Waals surface area contributed by atoms with Crippen molar-refractivity contribution in [2.24, 2.45) is 0 Å². The van der Waals surface area contributed by atoms with Crippen molar-refractivity contribution < 1.29 is 19.1 Å². The first-order chi connectivity index (χ1) is 13.1. The summed E-state index contributed by atoms with van der Waals surface area (Å²) in [6, 6.07) is 17.2. The SMILES string of the molecule is O=C(COC(=O)c1ccccc1Oc1cccnc1)Nc1ccc(Br)cc1. The highest BCUT2D eigenvalue weighted by molar-refractivity contribution is 9.10. The molecule has 1 heterocycles. The highest BCUT2D eigenvalue weighted by Crippen LogP contribution is 2.25. The molecule has 2 aromatic carbocycles. The first-order valence-electron chi connectivity index (χ1n) is 8.01. The molecule has 0 aliphatic rings. The molecule has 0 fully saturated rings. The van der Waals surface area contributed by atoms with Crippen LogP contribution < -0.4 is 10.1 Å². The molecule has 136 valence electrons. The standard InChI is InChI=1S/C20H15BrN2O4/c21-14-7-9-15(10-8-14)23-19(24)13-26-20(25)17-5-1-2-6-18(17)27-16-4-3-11-22-12-16/h1-12H,13H2,(H,23,24). The zero-order chi connectivity index (χ0) is 19.1. The van der Waals surface area contributed by atoms with E-state index in [0.717, 1.165) is 4.47 Å². The largest absolute Gasteiger partial charge is 0.455 e. The Labute approximate surface area is 164 Å². The molecular weight excluding hydrogens is 412 g/mol. The summed E-state index contributed by atoms with van der Waals surface area (Å²) in [5, 5.41) is 2.65. The van der Waals surface area contributed by atoms with E-state index in [1.165, 1.54) is 6.20 Å². The molecule has 0 aliphatic heterocycles. The number of pyridine rings is 1. The third-order valence-electron chi connectivity index (χ3n) is 3.43. The summed E-state index contributed by atoms with van der Waals surface area (Å²) in [7, 11) is 0. The second-order valence-electron chi connectivity index (χ2n) is 5.42. The Morgan fingerprint density at radius 3 is 2.52 bits per heavy atom. The molecule has 27 heavy (non-hydrogen) atoms. The number of hydrogen-bond acceptors (Lipinski definition) is 5. The lowest BCUT2D eigenvalue weighted by atomic mass is 10.2. The number of ether oxygens (including phenoxy) is 2. The van der Waals surface area contributed by atoms with E-state index in [4.69, 9.17) is 9.47 Å². The van der Waals surface area contributed by atoms with Gasteiger partial charge in [0.05, 0.1) is 6.20 Å². The predicted molar refractivity (Wildman–Crippen MR) is 104 cm³/mol. The van der Waals surface area contributed by atoms with Gasteiger partial charge in [-0.3, -0.25) is 9.78 Å². The molecule has 6 nitrogen and oxygen atoms in total. The molecule has 0 saturated heterocycles. The van der Waals surface area contributed by atoms with Gasteiger partial charge in [0.2, 0.25) is 0 Å². The van der Waals surface area contributed by atoms with E-state index in [2.05, 4.69) is 26.2 Å². The minimum absolute atomic E-state index is 0.220. The van der Waals surface area contributed by atoms with Crippen molar-refractivity contribution >= 4 is 33.5 Å². The summed E-state index contributed by atoms with van der Waals surface area (Å²) in [5.74, 6) is -0.272. The molecule has 0 bridgehead atoms. The number of benzene rings is 2. The van der Waals surface area contributed by atoms with Crippen molar-refractivity contribution in [1.82, 2.24) is 4.98 Å². The molecule has 3 rings (SSSR count). The first kappa shape index (κ1) is 18.6. The highest BCUT2D eigenvalue weighted by atomic mass is 79.9. The quantitative estimate of drug-likeness (QED) is 0.589. The van der Waals surface area contributed by atoms with Crippen LogP contribution in [0.4, 0.5) is 5.69 Å². The molecule has 0 atom stereocenters. The second kappa shape index (κ2) is 8.95. The van der Waals surface area contributed by atoms with Crippen molar-refractivity contribution in [2.75, 3.05) is 11.9 Å². The minimum Gasteiger partial charge on any atom is -0.455 e. The third kappa shape index (κ3) is 5.39. The van der Waals surface area contributed by atoms with Gasteiger partial charge in [0.1, 0.15) is 17.1 Å². The number of hydrogen-bond donors (Lipinski definition) is 1. The molecule has 1 amide bonds. The zero-order valence-electron chi connectivity index (χ0n) is 14.1. The summed E-state index contributed by atoms with van der Waals surface area (Å²) in [6.07, 6.45) is 3.16. The fraction of sp³-hybridized carbons (Fsp3) is 0.0500. The molecule has 1 aromatic heterocycles. The van der Waals surface area contributed by atoms with Crippen LogP contribution in [0.25, 0.3) is 0 Å². The van der Waals surface area contributed by atoms with Crippen LogP contribution in [-0.2, 0) is 9.53 Å². The molecule has 0 aliphatic carbocycles. The van der Waals surface area contributed by atoms with Gasteiger partial charge in [0.25, 0.3) is 5.91 Å². The van der Waals surface area contributed by atoms with Crippen molar-refractivity contribution in [3.05, 3.63) is 83.1 Å². The summed E-state index contributed by atoms with van der Waals surface area (Å²) >= 11 is 3.32. The number of carbonyl (C=O) groups excluding carboxylic acids is 2. The Morgan fingerprint density at radius 2 is 1.78 bits per heavy atom. The fourth-order valence-corrected chi connectivity index (χ4v) is 2.46. The number of esters is 1. The highest BCUT2D eigenvalue weighted by Gasteiger charge is 2.16. The van der Waals surface area contributed by atoms with Crippen LogP contribution in [0.15, 0.2) is 77.5 Å². The molecule has 0 saturated carbocycles. The van der Waals surface area contributed by atoms with E-state index in [9.17, 15) is 9.59 Å². The summed E-state index contributed by atoms with van der Waals surface area (Å²) < 4.78 is 11.7. The van der Waals surface area contributed by atoms with E-state index in [0.29, 0.717) is 17.2 Å². The Kier molecular flexibility index (Phi) is 6.17. The van der Waals surface area contributed by atoms with Crippen LogP contribution in [0, 0.1) is 0 Å². The number of para-hydroxylation sites is 1. The Balaban J connectivity index is 1.61. The molecular formula is C20H15BrN2O4. The molecule has 0 radical (unpaired) electrons. The van der Waals surface area contributed by atoms with E-state index < -0.39 is 18.5 Å². The normalized spacial score (nSPS) is 10.1. The second-order valence-corrected chi connectivity index (χ2v) is 6.33. The number of aromatic nitrogens is 1. The number of amides is 1. The average Bonchev–Trinajstić information content (AvgIpc) is 2.69. The van der Waals surface area contributed by atoms with Gasteiger partial charge in [0.15, 0.2) is 6.61 Å². The van der Waals surface area contributed by atoms with Gasteiger partial charge in [-0.2, -0.15) is 0 Å². The van der Waals surface area contributed by atoms with E-state index in [-0.39, 0.29) is 5.56 Å². The first-order valence-corrected chi connectivity index (χ1v) is 8.80. The van der Waals surface area contributed by atoms with E-state index >= 15 is 0 Å². The predicted octanol–water partition coefficient (Wildman–Crippen LogP) is 4.43. The van der Waals surface area contributed by atoms with E-state index in [1.54, 1.807) is 66.9 Å². The maximum atomic E-state index is 12.4. The van der Waals surface area contributed by atoms with Crippen LogP contribution in [-0.4, -0.2) is 23.5 Å². The molecule has 3 aromatic rings. The number of anilines is 1. The van der Waals surface area contributed by atoms with Crippen LogP contribution in [0.5, 0.6) is 11.5 Å². The Morgan fingerprint density at radius 1 is 1.00 bits per heavy atom. The molecule has 7 heteroatoms. The summed E-state index contributed by atoms with van der Waals surface area (Å²) in [5.41, 5.74) is 0.831.